The van der Waals surface area contributed by atoms with Crippen LogP contribution in [0.15, 0.2) is 48.5 Å². The van der Waals surface area contributed by atoms with E-state index in [0.29, 0.717) is 31.0 Å². The summed E-state index contributed by atoms with van der Waals surface area (Å²) in [5, 5.41) is 10.8. The van der Waals surface area contributed by atoms with Crippen molar-refractivity contribution in [2.24, 2.45) is 0 Å². The average Bonchev–Trinajstić information content (AvgIpc) is 3.25. The van der Waals surface area contributed by atoms with E-state index in [1.807, 2.05) is 24.3 Å². The molecular weight excluding hydrogens is 418 g/mol. The van der Waals surface area contributed by atoms with E-state index in [0.717, 1.165) is 52.4 Å². The van der Waals surface area contributed by atoms with E-state index < -0.39 is 6.10 Å². The fourth-order valence-corrected chi connectivity index (χ4v) is 5.11. The molecule has 0 aromatic heterocycles. The summed E-state index contributed by atoms with van der Waals surface area (Å²) in [6.45, 7) is 7.49. The van der Waals surface area contributed by atoms with Crippen LogP contribution >= 0.6 is 0 Å². The second-order valence-electron chi connectivity index (χ2n) is 9.16. The Balaban J connectivity index is 1.17. The first kappa shape index (κ1) is 22.3. The Morgan fingerprint density at radius 3 is 2.70 bits per heavy atom. The van der Waals surface area contributed by atoms with Crippen molar-refractivity contribution in [2.75, 3.05) is 59.1 Å². The molecule has 2 atom stereocenters. The summed E-state index contributed by atoms with van der Waals surface area (Å²) in [6, 6.07) is 15.9. The average molecular weight is 452 g/mol. The van der Waals surface area contributed by atoms with Crippen LogP contribution in [0, 0.1) is 0 Å². The fourth-order valence-electron chi connectivity index (χ4n) is 5.11. The summed E-state index contributed by atoms with van der Waals surface area (Å²) >= 11 is 0. The van der Waals surface area contributed by atoms with Gasteiger partial charge in [0, 0.05) is 51.4 Å². The number of benzene rings is 2. The Kier molecular flexibility index (Phi) is 6.92. The van der Waals surface area contributed by atoms with Crippen molar-refractivity contribution in [3.05, 3.63) is 65.2 Å². The van der Waals surface area contributed by atoms with Crippen molar-refractivity contribution in [2.45, 2.75) is 25.1 Å². The Morgan fingerprint density at radius 2 is 1.85 bits per heavy atom. The molecule has 0 spiro atoms. The lowest BCUT2D eigenvalue weighted by Gasteiger charge is -2.34. The monoisotopic (exact) mass is 451 g/mol. The van der Waals surface area contributed by atoms with Gasteiger partial charge in [-0.15, -0.1) is 0 Å². The second kappa shape index (κ2) is 10.2. The van der Waals surface area contributed by atoms with E-state index >= 15 is 0 Å². The fraction of sp³-hybridized carbons (Fsp3) is 0.500. The summed E-state index contributed by atoms with van der Waals surface area (Å²) in [5.41, 5.74) is 3.32. The van der Waals surface area contributed by atoms with E-state index in [-0.39, 0.29) is 11.9 Å². The number of carbonyl (C=O) groups is 1. The smallest absolute Gasteiger partial charge is 0.254 e. The lowest BCUT2D eigenvalue weighted by atomic mass is 9.98. The largest absolute Gasteiger partial charge is 0.492 e. The predicted molar refractivity (Wildman–Crippen MR) is 125 cm³/mol. The maximum Gasteiger partial charge on any atom is 0.254 e. The number of aliphatic hydroxyl groups excluding tert-OH is 1. The summed E-state index contributed by atoms with van der Waals surface area (Å²) < 4.78 is 11.3. The maximum atomic E-state index is 13.2. The molecular formula is C26H33N3O4. The minimum Gasteiger partial charge on any atom is -0.492 e. The Bertz CT molecular complexity index is 962. The first-order chi connectivity index (χ1) is 16.2. The number of nitrogens with zero attached hydrogens (tertiary/aromatic N) is 3. The number of rotatable bonds is 6. The van der Waals surface area contributed by atoms with Crippen LogP contribution in [-0.2, 0) is 17.7 Å². The Labute approximate surface area is 195 Å². The number of likely N-dealkylation sites (tertiary alicyclic amines) is 1. The number of fused-ring (bicyclic) bond motifs is 1. The van der Waals surface area contributed by atoms with Crippen LogP contribution in [0.25, 0.3) is 0 Å². The van der Waals surface area contributed by atoms with Crippen LogP contribution in [0.3, 0.4) is 0 Å². The molecule has 1 amide bonds. The molecule has 0 aliphatic carbocycles. The molecule has 3 aliphatic heterocycles. The van der Waals surface area contributed by atoms with Crippen LogP contribution < -0.4 is 4.74 Å². The van der Waals surface area contributed by atoms with Crippen molar-refractivity contribution in [1.82, 2.24) is 14.7 Å². The van der Waals surface area contributed by atoms with Gasteiger partial charge in [0.25, 0.3) is 5.91 Å². The van der Waals surface area contributed by atoms with Gasteiger partial charge >= 0.3 is 0 Å². The first-order valence-electron chi connectivity index (χ1n) is 12.0. The minimum absolute atomic E-state index is 0.0322. The Morgan fingerprint density at radius 1 is 1.03 bits per heavy atom. The maximum absolute atomic E-state index is 13.2. The molecule has 3 aliphatic rings. The van der Waals surface area contributed by atoms with E-state index in [1.54, 1.807) is 4.90 Å². The number of ether oxygens (including phenoxy) is 2. The zero-order valence-corrected chi connectivity index (χ0v) is 19.1. The lowest BCUT2D eigenvalue weighted by molar-refractivity contribution is 0.0322. The zero-order chi connectivity index (χ0) is 22.6. The lowest BCUT2D eigenvalue weighted by Crippen LogP contribution is -2.45. The molecule has 1 N–H and O–H groups in total. The minimum atomic E-state index is -0.535. The predicted octanol–water partition coefficient (Wildman–Crippen LogP) is 1.64. The normalized spacial score (nSPS) is 24.0. The molecule has 7 heteroatoms. The van der Waals surface area contributed by atoms with Crippen molar-refractivity contribution >= 4 is 5.91 Å². The molecule has 3 heterocycles. The molecule has 0 radical (unpaired) electrons. The summed E-state index contributed by atoms with van der Waals surface area (Å²) in [6.07, 6.45) is 0.448. The number of β-amino-alcohol motifs (C(OH)–C–C–N with tert-alkyl or cyclic N) is 1. The molecule has 7 nitrogen and oxygen atoms in total. The van der Waals surface area contributed by atoms with Crippen LogP contribution in [0.5, 0.6) is 5.75 Å². The molecule has 0 bridgehead atoms. The topological polar surface area (TPSA) is 65.5 Å². The molecule has 0 saturated carbocycles. The molecule has 2 aromatic carbocycles. The molecule has 2 aromatic rings. The van der Waals surface area contributed by atoms with Gasteiger partial charge in [-0.1, -0.05) is 30.3 Å². The van der Waals surface area contributed by atoms with Gasteiger partial charge in [-0.25, -0.2) is 0 Å². The van der Waals surface area contributed by atoms with E-state index in [9.17, 15) is 9.90 Å². The van der Waals surface area contributed by atoms with Crippen LogP contribution in [-0.4, -0.2) is 96.9 Å². The van der Waals surface area contributed by atoms with Gasteiger partial charge in [-0.2, -0.15) is 0 Å². The van der Waals surface area contributed by atoms with Gasteiger partial charge in [-0.3, -0.25) is 14.6 Å². The summed E-state index contributed by atoms with van der Waals surface area (Å²) in [4.78, 5) is 19.6. The zero-order valence-electron chi connectivity index (χ0n) is 19.1. The number of hydrogen-bond acceptors (Lipinski definition) is 6. The van der Waals surface area contributed by atoms with E-state index in [2.05, 4.69) is 34.1 Å². The summed E-state index contributed by atoms with van der Waals surface area (Å²) in [7, 11) is 0. The third-order valence-corrected chi connectivity index (χ3v) is 7.04. The highest BCUT2D eigenvalue weighted by atomic mass is 16.5. The van der Waals surface area contributed by atoms with E-state index in [1.165, 1.54) is 11.1 Å². The van der Waals surface area contributed by atoms with Gasteiger partial charge in [0.15, 0.2) is 0 Å². The highest BCUT2D eigenvalue weighted by Gasteiger charge is 2.38. The highest BCUT2D eigenvalue weighted by Crippen LogP contribution is 2.26. The van der Waals surface area contributed by atoms with Gasteiger partial charge in [0.1, 0.15) is 12.4 Å². The number of amides is 1. The van der Waals surface area contributed by atoms with E-state index in [4.69, 9.17) is 9.47 Å². The number of hydrogen-bond donors (Lipinski definition) is 1. The quantitative estimate of drug-likeness (QED) is 0.721. The van der Waals surface area contributed by atoms with Gasteiger partial charge in [-0.05, 0) is 35.7 Å². The number of aliphatic hydroxyl groups is 1. The second-order valence-corrected chi connectivity index (χ2v) is 9.16. The number of morpholine rings is 1. The third-order valence-electron chi connectivity index (χ3n) is 7.04. The molecule has 2 fully saturated rings. The number of carbonyl (C=O) groups excluding carboxylic acids is 1. The molecule has 2 saturated heterocycles. The van der Waals surface area contributed by atoms with Gasteiger partial charge in [0.2, 0.25) is 0 Å². The van der Waals surface area contributed by atoms with Gasteiger partial charge in [0.05, 0.1) is 25.4 Å². The third kappa shape index (κ3) is 5.22. The Hall–Kier alpha value is -2.45. The van der Waals surface area contributed by atoms with Crippen molar-refractivity contribution in [3.63, 3.8) is 0 Å². The van der Waals surface area contributed by atoms with Crippen LogP contribution in [0.1, 0.15) is 21.5 Å². The van der Waals surface area contributed by atoms with Crippen LogP contribution in [0.4, 0.5) is 0 Å². The SMILES string of the molecule is O=C(c1cccc(OCCN2CCOCC2)c1)N1C[C@H](O)[C@@H](N2CCc3ccccc3C2)C1. The highest BCUT2D eigenvalue weighted by molar-refractivity contribution is 5.94. The van der Waals surface area contributed by atoms with Crippen molar-refractivity contribution < 1.29 is 19.4 Å². The first-order valence-corrected chi connectivity index (χ1v) is 12.0. The molecule has 5 rings (SSSR count). The van der Waals surface area contributed by atoms with Crippen molar-refractivity contribution in [1.29, 1.82) is 0 Å². The standard InChI is InChI=1S/C26H33N3O4/c30-25-19-29(18-24(25)28-9-8-20-4-1-2-5-22(20)17-28)26(31)21-6-3-7-23(16-21)33-15-12-27-10-13-32-14-11-27/h1-7,16,24-25,30H,8-15,17-19H2/t24-,25-/m0/s1. The molecule has 176 valence electrons. The van der Waals surface area contributed by atoms with Gasteiger partial charge < -0.3 is 19.5 Å². The van der Waals surface area contributed by atoms with Crippen molar-refractivity contribution in [3.8, 4) is 5.75 Å². The van der Waals surface area contributed by atoms with Crippen LogP contribution in [0.2, 0.25) is 0 Å². The summed E-state index contributed by atoms with van der Waals surface area (Å²) in [5.74, 6) is 0.658. The molecule has 0 unspecified atom stereocenters. The molecule has 33 heavy (non-hydrogen) atoms.